The summed E-state index contributed by atoms with van der Waals surface area (Å²) in [4.78, 5) is 26.0. The van der Waals surface area contributed by atoms with Crippen LogP contribution in [0.4, 0.5) is 0 Å². The first kappa shape index (κ1) is 19.6. The van der Waals surface area contributed by atoms with Gasteiger partial charge in [-0.2, -0.15) is 20.1 Å². The first-order valence-corrected chi connectivity index (χ1v) is 11.3. The van der Waals surface area contributed by atoms with Gasteiger partial charge in [0, 0.05) is 24.0 Å². The fourth-order valence-electron chi connectivity index (χ4n) is 3.75. The molecule has 1 aliphatic heterocycles. The van der Waals surface area contributed by atoms with E-state index in [2.05, 4.69) is 8.75 Å². The number of benzene rings is 2. The summed E-state index contributed by atoms with van der Waals surface area (Å²) in [6.07, 6.45) is 0.963. The number of ketones is 1. The standard InChI is InChI=1S/C23H16N2O4S2/c26-22(16-2-4-20-14(10-16)5-7-29-20)17(9-13-6-8-30-12-13)21(23(27)28)15-1-3-18-19(11-15)25-31-24-18/h1-4,6,8,10-12H,5,7,9H2,(H,27,28). The molecule has 1 N–H and O–H groups in total. The first-order chi connectivity index (χ1) is 15.1. The monoisotopic (exact) mass is 448 g/mol. The van der Waals surface area contributed by atoms with Crippen molar-refractivity contribution < 1.29 is 19.4 Å². The zero-order chi connectivity index (χ0) is 21.4. The summed E-state index contributed by atoms with van der Waals surface area (Å²) in [5, 5.41) is 14.0. The molecule has 154 valence electrons. The number of rotatable bonds is 6. The Balaban J connectivity index is 1.67. The third kappa shape index (κ3) is 3.75. The summed E-state index contributed by atoms with van der Waals surface area (Å²) < 4.78 is 13.9. The van der Waals surface area contributed by atoms with E-state index in [4.69, 9.17) is 4.74 Å². The lowest BCUT2D eigenvalue weighted by atomic mass is 9.89. The molecule has 0 bridgehead atoms. The highest BCUT2D eigenvalue weighted by molar-refractivity contribution is 7.08. The van der Waals surface area contributed by atoms with Crippen LogP contribution < -0.4 is 4.74 Å². The third-order valence-corrected chi connectivity index (χ3v) is 6.53. The Kier molecular flexibility index (Phi) is 5.09. The summed E-state index contributed by atoms with van der Waals surface area (Å²) >= 11 is 2.58. The van der Waals surface area contributed by atoms with E-state index >= 15 is 0 Å². The van der Waals surface area contributed by atoms with Crippen LogP contribution in [0.25, 0.3) is 16.6 Å². The molecular formula is C23H16N2O4S2. The number of carboxylic acid groups (broad SMARTS) is 1. The molecule has 4 aromatic rings. The molecule has 0 aliphatic carbocycles. The number of allylic oxidation sites excluding steroid dienone is 1. The fourth-order valence-corrected chi connectivity index (χ4v) is 4.93. The smallest absolute Gasteiger partial charge is 0.336 e. The molecule has 0 fully saturated rings. The van der Waals surface area contributed by atoms with Gasteiger partial charge in [0.15, 0.2) is 5.78 Å². The zero-order valence-electron chi connectivity index (χ0n) is 16.2. The lowest BCUT2D eigenvalue weighted by Crippen LogP contribution is -2.14. The van der Waals surface area contributed by atoms with Gasteiger partial charge < -0.3 is 9.84 Å². The van der Waals surface area contributed by atoms with E-state index in [0.29, 0.717) is 28.8 Å². The van der Waals surface area contributed by atoms with Crippen LogP contribution in [0.1, 0.15) is 27.0 Å². The van der Waals surface area contributed by atoms with Gasteiger partial charge in [0.25, 0.3) is 0 Å². The number of hydrogen-bond donors (Lipinski definition) is 1. The van der Waals surface area contributed by atoms with Gasteiger partial charge in [-0.3, -0.25) is 4.79 Å². The van der Waals surface area contributed by atoms with E-state index in [1.54, 1.807) is 30.3 Å². The number of fused-ring (bicyclic) bond motifs is 2. The number of thiophene rings is 1. The molecule has 3 heterocycles. The molecular weight excluding hydrogens is 432 g/mol. The Labute approximate surface area is 185 Å². The van der Waals surface area contributed by atoms with Crippen LogP contribution in [-0.2, 0) is 17.6 Å². The first-order valence-electron chi connectivity index (χ1n) is 9.61. The second kappa shape index (κ2) is 8.05. The minimum Gasteiger partial charge on any atom is -0.493 e. The van der Waals surface area contributed by atoms with E-state index in [-0.39, 0.29) is 23.4 Å². The van der Waals surface area contributed by atoms with Crippen LogP contribution in [0.5, 0.6) is 5.75 Å². The van der Waals surface area contributed by atoms with Crippen molar-refractivity contribution in [2.45, 2.75) is 12.8 Å². The Morgan fingerprint density at radius 3 is 2.68 bits per heavy atom. The molecule has 1 aliphatic rings. The molecule has 2 aromatic heterocycles. The summed E-state index contributed by atoms with van der Waals surface area (Å²) in [6.45, 7) is 0.590. The van der Waals surface area contributed by atoms with E-state index in [1.807, 2.05) is 22.9 Å². The van der Waals surface area contributed by atoms with Crippen molar-refractivity contribution in [3.05, 3.63) is 81.1 Å². The van der Waals surface area contributed by atoms with Gasteiger partial charge >= 0.3 is 5.97 Å². The van der Waals surface area contributed by atoms with Crippen molar-refractivity contribution in [2.24, 2.45) is 0 Å². The maximum Gasteiger partial charge on any atom is 0.336 e. The second-order valence-electron chi connectivity index (χ2n) is 7.18. The van der Waals surface area contributed by atoms with Gasteiger partial charge in [-0.1, -0.05) is 6.07 Å². The molecule has 0 atom stereocenters. The lowest BCUT2D eigenvalue weighted by Gasteiger charge is -2.13. The van der Waals surface area contributed by atoms with E-state index in [0.717, 1.165) is 35.0 Å². The minimum atomic E-state index is -1.15. The van der Waals surface area contributed by atoms with Gasteiger partial charge in [0.2, 0.25) is 0 Å². The predicted molar refractivity (Wildman–Crippen MR) is 120 cm³/mol. The second-order valence-corrected chi connectivity index (χ2v) is 8.49. The normalized spacial score (nSPS) is 13.5. The number of hydrogen-bond acceptors (Lipinski definition) is 7. The number of aliphatic carboxylic acids is 1. The van der Waals surface area contributed by atoms with Crippen LogP contribution in [0, 0.1) is 0 Å². The Bertz CT molecular complexity index is 1340. The highest BCUT2D eigenvalue weighted by Gasteiger charge is 2.25. The van der Waals surface area contributed by atoms with Crippen LogP contribution in [0.3, 0.4) is 0 Å². The molecule has 0 saturated carbocycles. The van der Waals surface area contributed by atoms with Gasteiger partial charge in [0.05, 0.1) is 23.9 Å². The molecule has 0 amide bonds. The van der Waals surface area contributed by atoms with Crippen LogP contribution in [-0.4, -0.2) is 32.2 Å². The maximum absolute atomic E-state index is 13.6. The number of Topliss-reactive ketones (excluding diaryl/α,β-unsaturated/α-hetero) is 1. The summed E-state index contributed by atoms with van der Waals surface area (Å²) in [5.74, 6) is -0.666. The van der Waals surface area contributed by atoms with Crippen LogP contribution in [0.15, 0.2) is 58.8 Å². The molecule has 6 nitrogen and oxygen atoms in total. The van der Waals surface area contributed by atoms with Crippen molar-refractivity contribution >= 4 is 51.4 Å². The number of carboxylic acids is 1. The maximum atomic E-state index is 13.6. The van der Waals surface area contributed by atoms with Crippen LogP contribution >= 0.6 is 23.1 Å². The van der Waals surface area contributed by atoms with Crippen molar-refractivity contribution in [3.8, 4) is 5.75 Å². The van der Waals surface area contributed by atoms with Gasteiger partial charge in [-0.05, 0) is 63.8 Å². The molecule has 2 aromatic carbocycles. The summed E-state index contributed by atoms with van der Waals surface area (Å²) in [5.41, 5.74) is 4.30. The average molecular weight is 449 g/mol. The quantitative estimate of drug-likeness (QED) is 0.341. The summed E-state index contributed by atoms with van der Waals surface area (Å²) in [7, 11) is 0. The average Bonchev–Trinajstić information content (AvgIpc) is 3.52. The van der Waals surface area contributed by atoms with E-state index in [9.17, 15) is 14.7 Å². The molecule has 31 heavy (non-hydrogen) atoms. The topological polar surface area (TPSA) is 89.4 Å². The third-order valence-electron chi connectivity index (χ3n) is 5.24. The molecule has 8 heteroatoms. The van der Waals surface area contributed by atoms with Crippen molar-refractivity contribution in [2.75, 3.05) is 6.61 Å². The predicted octanol–water partition coefficient (Wildman–Crippen LogP) is 4.65. The Morgan fingerprint density at radius 1 is 1.03 bits per heavy atom. The van der Waals surface area contributed by atoms with E-state index in [1.165, 1.54) is 11.3 Å². The Hall–Kier alpha value is -3.36. The van der Waals surface area contributed by atoms with Crippen molar-refractivity contribution in [3.63, 3.8) is 0 Å². The molecule has 5 rings (SSSR count). The van der Waals surface area contributed by atoms with Crippen molar-refractivity contribution in [1.29, 1.82) is 0 Å². The van der Waals surface area contributed by atoms with Crippen molar-refractivity contribution in [1.82, 2.24) is 8.75 Å². The largest absolute Gasteiger partial charge is 0.493 e. The molecule has 0 saturated heterocycles. The number of carbonyl (C=O) groups is 2. The summed E-state index contributed by atoms with van der Waals surface area (Å²) in [6, 6.07) is 12.3. The number of ether oxygens (including phenoxy) is 1. The SMILES string of the molecule is O=C(O)C(=C(Cc1ccsc1)C(=O)c1ccc2c(c1)CCO2)c1ccc2nsnc2c1. The van der Waals surface area contributed by atoms with Crippen LogP contribution in [0.2, 0.25) is 0 Å². The Morgan fingerprint density at radius 2 is 1.87 bits per heavy atom. The number of aromatic nitrogens is 2. The van der Waals surface area contributed by atoms with E-state index < -0.39 is 5.97 Å². The highest BCUT2D eigenvalue weighted by Crippen LogP contribution is 2.31. The fraction of sp³-hybridized carbons (Fsp3) is 0.130. The number of nitrogens with zero attached hydrogens (tertiary/aromatic N) is 2. The number of carbonyl (C=O) groups excluding carboxylic acids is 1. The van der Waals surface area contributed by atoms with Gasteiger partial charge in [0.1, 0.15) is 16.8 Å². The molecule has 0 spiro atoms. The molecule has 0 radical (unpaired) electrons. The van der Waals surface area contributed by atoms with Gasteiger partial charge in [-0.15, -0.1) is 0 Å². The highest BCUT2D eigenvalue weighted by atomic mass is 32.1. The lowest BCUT2D eigenvalue weighted by molar-refractivity contribution is -0.130. The zero-order valence-corrected chi connectivity index (χ0v) is 17.8. The molecule has 0 unspecified atom stereocenters. The minimum absolute atomic E-state index is 0.0113. The van der Waals surface area contributed by atoms with Gasteiger partial charge in [-0.25, -0.2) is 4.79 Å².